The number of nitrogen functional groups attached to an aromatic ring is 1. The summed E-state index contributed by atoms with van der Waals surface area (Å²) in [4.78, 5) is 3.90. The molecule has 2 atom stereocenters. The summed E-state index contributed by atoms with van der Waals surface area (Å²) < 4.78 is 11.7. The van der Waals surface area contributed by atoms with E-state index >= 15 is 0 Å². The largest absolute Gasteiger partial charge is 0.388 e. The van der Waals surface area contributed by atoms with E-state index in [1.54, 1.807) is 39.7 Å². The number of ether oxygens (including phenoxy) is 1. The minimum Gasteiger partial charge on any atom is -0.388 e. The van der Waals surface area contributed by atoms with Gasteiger partial charge in [0.2, 0.25) is 5.60 Å². The standard InChI is InChI=1S/C12H14IN5O3/c1-20-12(5-14,6-21-13)10(19)4-8-2-3-9-11(15)16-7-17-18(8)9/h2-3,7,10,19H,4,6H2,1H3,(H2,15,16,17)/t10-,12?/m0/s1. The van der Waals surface area contributed by atoms with Crippen LogP contribution in [0.2, 0.25) is 0 Å². The van der Waals surface area contributed by atoms with Crippen molar-refractivity contribution in [1.82, 2.24) is 14.6 Å². The Labute approximate surface area is 135 Å². The summed E-state index contributed by atoms with van der Waals surface area (Å²) in [5.74, 6) is 0.347. The van der Waals surface area contributed by atoms with Gasteiger partial charge in [-0.2, -0.15) is 10.4 Å². The number of nitrogens with zero attached hydrogens (tertiary/aromatic N) is 4. The smallest absolute Gasteiger partial charge is 0.204 e. The van der Waals surface area contributed by atoms with Crippen LogP contribution in [-0.4, -0.2) is 45.1 Å². The first-order valence-electron chi connectivity index (χ1n) is 6.03. The maximum atomic E-state index is 10.4. The highest BCUT2D eigenvalue weighted by Crippen LogP contribution is 2.22. The van der Waals surface area contributed by atoms with Gasteiger partial charge in [0.15, 0.2) is 5.82 Å². The lowest BCUT2D eigenvalue weighted by molar-refractivity contribution is -0.0793. The molecule has 2 rings (SSSR count). The Hall–Kier alpha value is -1.48. The third-order valence-electron chi connectivity index (χ3n) is 3.32. The van der Waals surface area contributed by atoms with E-state index in [1.807, 2.05) is 6.07 Å². The van der Waals surface area contributed by atoms with Gasteiger partial charge in [-0.3, -0.25) is 0 Å². The van der Waals surface area contributed by atoms with Crippen molar-refractivity contribution in [2.45, 2.75) is 18.1 Å². The average Bonchev–Trinajstić information content (AvgIpc) is 2.89. The van der Waals surface area contributed by atoms with Crippen molar-refractivity contribution in [3.63, 3.8) is 0 Å². The van der Waals surface area contributed by atoms with E-state index in [0.717, 1.165) is 0 Å². The second-order valence-electron chi connectivity index (χ2n) is 4.45. The fourth-order valence-electron chi connectivity index (χ4n) is 2.05. The van der Waals surface area contributed by atoms with Crippen molar-refractivity contribution in [3.05, 3.63) is 24.2 Å². The molecule has 8 nitrogen and oxygen atoms in total. The number of hydrogen-bond donors (Lipinski definition) is 2. The first kappa shape index (κ1) is 15.9. The highest BCUT2D eigenvalue weighted by Gasteiger charge is 2.39. The van der Waals surface area contributed by atoms with Crippen molar-refractivity contribution in [2.24, 2.45) is 0 Å². The number of hydrogen-bond acceptors (Lipinski definition) is 7. The number of nitriles is 1. The van der Waals surface area contributed by atoms with Gasteiger partial charge in [-0.05, 0) is 12.1 Å². The van der Waals surface area contributed by atoms with Crippen molar-refractivity contribution >= 4 is 34.3 Å². The van der Waals surface area contributed by atoms with Gasteiger partial charge in [0, 0.05) is 19.2 Å². The summed E-state index contributed by atoms with van der Waals surface area (Å²) in [5, 5.41) is 23.8. The number of rotatable bonds is 6. The predicted octanol–water partition coefficient (Wildman–Crippen LogP) is 0.490. The van der Waals surface area contributed by atoms with Crippen LogP contribution in [0.1, 0.15) is 5.69 Å². The second-order valence-corrected chi connectivity index (χ2v) is 5.07. The zero-order valence-electron chi connectivity index (χ0n) is 11.2. The molecule has 0 saturated carbocycles. The van der Waals surface area contributed by atoms with Crippen LogP contribution in [0.3, 0.4) is 0 Å². The maximum Gasteiger partial charge on any atom is 0.204 e. The Morgan fingerprint density at radius 3 is 3.00 bits per heavy atom. The van der Waals surface area contributed by atoms with E-state index in [2.05, 4.69) is 10.1 Å². The molecule has 0 fully saturated rings. The van der Waals surface area contributed by atoms with Crippen LogP contribution in [-0.2, 0) is 14.2 Å². The van der Waals surface area contributed by atoms with Crippen LogP contribution in [0.5, 0.6) is 0 Å². The van der Waals surface area contributed by atoms with Crippen LogP contribution >= 0.6 is 23.0 Å². The third-order valence-corrected chi connectivity index (χ3v) is 3.63. The lowest BCUT2D eigenvalue weighted by Crippen LogP contribution is -2.47. The van der Waals surface area contributed by atoms with E-state index in [-0.39, 0.29) is 13.0 Å². The molecule has 2 heterocycles. The molecular weight excluding hydrogens is 389 g/mol. The van der Waals surface area contributed by atoms with E-state index in [9.17, 15) is 10.4 Å². The summed E-state index contributed by atoms with van der Waals surface area (Å²) in [7, 11) is 1.36. The Bertz CT molecular complexity index is 670. The number of aliphatic hydroxyl groups excluding tert-OH is 1. The van der Waals surface area contributed by atoms with Gasteiger partial charge < -0.3 is 18.6 Å². The number of aliphatic hydroxyl groups is 1. The van der Waals surface area contributed by atoms with Crippen LogP contribution < -0.4 is 5.73 Å². The third kappa shape index (κ3) is 2.93. The molecule has 9 heteroatoms. The van der Waals surface area contributed by atoms with Gasteiger partial charge in [0.25, 0.3) is 0 Å². The molecule has 0 saturated heterocycles. The minimum absolute atomic E-state index is 0.0534. The molecule has 2 aromatic rings. The monoisotopic (exact) mass is 403 g/mol. The lowest BCUT2D eigenvalue weighted by atomic mass is 9.95. The molecule has 0 spiro atoms. The summed E-state index contributed by atoms with van der Waals surface area (Å²) in [6.45, 7) is -0.0534. The molecule has 3 N–H and O–H groups in total. The first-order chi connectivity index (χ1) is 10.1. The van der Waals surface area contributed by atoms with Crippen molar-refractivity contribution in [3.8, 4) is 6.07 Å². The zero-order valence-corrected chi connectivity index (χ0v) is 13.4. The zero-order chi connectivity index (χ0) is 15.5. The Balaban J connectivity index is 2.31. The molecule has 0 radical (unpaired) electrons. The molecule has 0 aliphatic heterocycles. The molecule has 0 aromatic carbocycles. The van der Waals surface area contributed by atoms with Crippen molar-refractivity contribution in [1.29, 1.82) is 5.26 Å². The van der Waals surface area contributed by atoms with E-state index in [1.165, 1.54) is 13.4 Å². The van der Waals surface area contributed by atoms with Crippen LogP contribution in [0.15, 0.2) is 18.5 Å². The lowest BCUT2D eigenvalue weighted by Gasteiger charge is -2.28. The first-order valence-corrected chi connectivity index (χ1v) is 6.91. The fraction of sp³-hybridized carbons (Fsp3) is 0.417. The topological polar surface area (TPSA) is 119 Å². The number of fused-ring (bicyclic) bond motifs is 1. The van der Waals surface area contributed by atoms with Crippen LogP contribution in [0.4, 0.5) is 5.82 Å². The van der Waals surface area contributed by atoms with Crippen molar-refractivity contribution in [2.75, 3.05) is 19.5 Å². The van der Waals surface area contributed by atoms with Crippen LogP contribution in [0, 0.1) is 11.3 Å². The number of methoxy groups -OCH3 is 1. The maximum absolute atomic E-state index is 10.4. The fourth-order valence-corrected chi connectivity index (χ4v) is 2.51. The SMILES string of the molecule is COC(C#N)(COI)[C@@H](O)Cc1ccc2c(N)ncnn12. The van der Waals surface area contributed by atoms with E-state index in [4.69, 9.17) is 13.5 Å². The molecule has 0 bridgehead atoms. The highest BCUT2D eigenvalue weighted by atomic mass is 127. The Morgan fingerprint density at radius 1 is 1.62 bits per heavy atom. The molecule has 21 heavy (non-hydrogen) atoms. The normalized spacial score (nSPS) is 15.5. The number of halogens is 1. The van der Waals surface area contributed by atoms with Gasteiger partial charge in [-0.1, -0.05) is 0 Å². The Kier molecular flexibility index (Phi) is 4.94. The number of aromatic nitrogens is 3. The van der Waals surface area contributed by atoms with Crippen LogP contribution in [0.25, 0.3) is 5.52 Å². The molecule has 1 unspecified atom stereocenters. The summed E-state index contributed by atoms with van der Waals surface area (Å²) in [5.41, 5.74) is 5.65. The van der Waals surface area contributed by atoms with Gasteiger partial charge in [-0.25, -0.2) is 9.50 Å². The average molecular weight is 403 g/mol. The second kappa shape index (κ2) is 6.52. The predicted molar refractivity (Wildman–Crippen MR) is 82.4 cm³/mol. The summed E-state index contributed by atoms with van der Waals surface area (Å²) in [6, 6.07) is 5.50. The van der Waals surface area contributed by atoms with E-state index < -0.39 is 11.7 Å². The molecule has 0 aliphatic carbocycles. The van der Waals surface area contributed by atoms with Gasteiger partial charge in [0.05, 0.1) is 0 Å². The van der Waals surface area contributed by atoms with Gasteiger partial charge >= 0.3 is 0 Å². The molecule has 0 aliphatic rings. The van der Waals surface area contributed by atoms with Crippen molar-refractivity contribution < 1.29 is 12.9 Å². The highest BCUT2D eigenvalue weighted by molar-refractivity contribution is 14.1. The van der Waals surface area contributed by atoms with Gasteiger partial charge in [-0.15, -0.1) is 0 Å². The number of anilines is 1. The molecule has 2 aromatic heterocycles. The minimum atomic E-state index is -1.44. The molecule has 0 amide bonds. The quantitative estimate of drug-likeness (QED) is 0.674. The molecule has 112 valence electrons. The van der Waals surface area contributed by atoms with Gasteiger partial charge in [0.1, 0.15) is 53.6 Å². The Morgan fingerprint density at radius 2 is 2.38 bits per heavy atom. The summed E-state index contributed by atoms with van der Waals surface area (Å²) in [6.07, 6.45) is 0.406. The van der Waals surface area contributed by atoms with E-state index in [0.29, 0.717) is 17.0 Å². The summed E-state index contributed by atoms with van der Waals surface area (Å²) >= 11 is 1.66. The molecular formula is C12H14IN5O3. The number of nitrogens with two attached hydrogens (primary N) is 1.